The number of amides is 1. The molecule has 1 aliphatic carbocycles. The fourth-order valence-electron chi connectivity index (χ4n) is 0.675. The third-order valence-corrected chi connectivity index (χ3v) is 1.40. The van der Waals surface area contributed by atoms with Crippen molar-refractivity contribution < 1.29 is 4.79 Å². The van der Waals surface area contributed by atoms with Crippen LogP contribution in [0.1, 0.15) is 6.42 Å². The number of hydrogen-bond donors (Lipinski definition) is 2. The Balaban J connectivity index is 2.25. The molecular formula is C6H10N2O. The predicted octanol–water partition coefficient (Wildman–Crippen LogP) is -0.625. The average molecular weight is 126 g/mol. The summed E-state index contributed by atoms with van der Waals surface area (Å²) in [6.45, 7) is 0. The second-order valence-corrected chi connectivity index (χ2v) is 2.32. The maximum absolute atomic E-state index is 10.1. The molecule has 2 atom stereocenters. The predicted molar refractivity (Wildman–Crippen MR) is 34.4 cm³/mol. The molecule has 1 fully saturated rings. The molecule has 4 N–H and O–H groups in total. The molecule has 0 spiro atoms. The monoisotopic (exact) mass is 126 g/mol. The second-order valence-electron chi connectivity index (χ2n) is 2.32. The van der Waals surface area contributed by atoms with Crippen molar-refractivity contribution in [3.63, 3.8) is 0 Å². The van der Waals surface area contributed by atoms with Gasteiger partial charge in [-0.2, -0.15) is 0 Å². The van der Waals surface area contributed by atoms with E-state index in [1.807, 2.05) is 0 Å². The minimum absolute atomic E-state index is 0.264. The van der Waals surface area contributed by atoms with Gasteiger partial charge in [0.05, 0.1) is 0 Å². The molecule has 0 heterocycles. The van der Waals surface area contributed by atoms with Crippen LogP contribution in [0.4, 0.5) is 0 Å². The summed E-state index contributed by atoms with van der Waals surface area (Å²) in [4.78, 5) is 10.1. The van der Waals surface area contributed by atoms with E-state index in [1.165, 1.54) is 6.08 Å². The lowest BCUT2D eigenvalue weighted by atomic mass is 10.3. The molecule has 1 amide bonds. The highest BCUT2D eigenvalue weighted by atomic mass is 16.1. The van der Waals surface area contributed by atoms with E-state index in [-0.39, 0.29) is 6.04 Å². The average Bonchev–Trinajstić information content (AvgIpc) is 2.42. The van der Waals surface area contributed by atoms with Crippen LogP contribution in [0.2, 0.25) is 0 Å². The molecule has 0 aliphatic heterocycles. The molecule has 0 saturated heterocycles. The Morgan fingerprint density at radius 2 is 2.22 bits per heavy atom. The van der Waals surface area contributed by atoms with Gasteiger partial charge in [-0.25, -0.2) is 0 Å². The van der Waals surface area contributed by atoms with Gasteiger partial charge in [-0.3, -0.25) is 4.79 Å². The van der Waals surface area contributed by atoms with Gasteiger partial charge >= 0.3 is 0 Å². The summed E-state index contributed by atoms with van der Waals surface area (Å²) in [6, 6.07) is 0.264. The van der Waals surface area contributed by atoms with Crippen molar-refractivity contribution in [3.8, 4) is 0 Å². The minimum Gasteiger partial charge on any atom is -0.366 e. The van der Waals surface area contributed by atoms with Crippen LogP contribution in [-0.2, 0) is 4.79 Å². The Kier molecular flexibility index (Phi) is 1.53. The lowest BCUT2D eigenvalue weighted by Crippen LogP contribution is -2.06. The zero-order chi connectivity index (χ0) is 6.85. The Bertz CT molecular complexity index is 153. The third-order valence-electron chi connectivity index (χ3n) is 1.40. The highest BCUT2D eigenvalue weighted by molar-refractivity contribution is 5.85. The lowest BCUT2D eigenvalue weighted by molar-refractivity contribution is -0.113. The standard InChI is InChI=1S/C6H10N2O/c7-5-3-4(5)1-2-6(8)9/h1-2,4-5H,3,7H2,(H2,8,9)/b2-1-/t4-,5+/m1/s1. The molecule has 3 nitrogen and oxygen atoms in total. The van der Waals surface area contributed by atoms with Crippen molar-refractivity contribution in [2.45, 2.75) is 12.5 Å². The van der Waals surface area contributed by atoms with Crippen LogP contribution in [0.5, 0.6) is 0 Å². The zero-order valence-electron chi connectivity index (χ0n) is 5.08. The molecule has 50 valence electrons. The second kappa shape index (κ2) is 2.19. The normalized spacial score (nSPS) is 33.0. The molecule has 9 heavy (non-hydrogen) atoms. The number of carbonyl (C=O) groups is 1. The maximum atomic E-state index is 10.1. The first-order chi connectivity index (χ1) is 4.20. The van der Waals surface area contributed by atoms with Gasteiger partial charge in [0, 0.05) is 6.04 Å². The van der Waals surface area contributed by atoms with Crippen LogP contribution in [0.15, 0.2) is 12.2 Å². The molecule has 0 aromatic carbocycles. The lowest BCUT2D eigenvalue weighted by Gasteiger charge is -1.80. The Hall–Kier alpha value is -0.830. The molecular weight excluding hydrogens is 116 g/mol. The van der Waals surface area contributed by atoms with Gasteiger partial charge in [-0.05, 0) is 18.4 Å². The number of hydrogen-bond acceptors (Lipinski definition) is 2. The smallest absolute Gasteiger partial charge is 0.241 e. The van der Waals surface area contributed by atoms with Gasteiger partial charge in [-0.15, -0.1) is 0 Å². The largest absolute Gasteiger partial charge is 0.366 e. The molecule has 1 rings (SSSR count). The van der Waals surface area contributed by atoms with Crippen LogP contribution < -0.4 is 11.5 Å². The maximum Gasteiger partial charge on any atom is 0.241 e. The first-order valence-corrected chi connectivity index (χ1v) is 2.93. The van der Waals surface area contributed by atoms with Crippen molar-refractivity contribution in [1.29, 1.82) is 0 Å². The highest BCUT2D eigenvalue weighted by Gasteiger charge is 2.30. The van der Waals surface area contributed by atoms with E-state index in [2.05, 4.69) is 0 Å². The van der Waals surface area contributed by atoms with E-state index in [4.69, 9.17) is 11.5 Å². The summed E-state index contributed by atoms with van der Waals surface area (Å²) in [5, 5.41) is 0. The summed E-state index contributed by atoms with van der Waals surface area (Å²) < 4.78 is 0. The van der Waals surface area contributed by atoms with Crippen molar-refractivity contribution in [2.24, 2.45) is 17.4 Å². The van der Waals surface area contributed by atoms with Crippen molar-refractivity contribution in [1.82, 2.24) is 0 Å². The topological polar surface area (TPSA) is 69.1 Å². The minimum atomic E-state index is -0.394. The molecule has 0 unspecified atom stereocenters. The number of primary amides is 1. The highest BCUT2D eigenvalue weighted by Crippen LogP contribution is 2.28. The Labute approximate surface area is 53.7 Å². The van der Waals surface area contributed by atoms with Crippen molar-refractivity contribution in [2.75, 3.05) is 0 Å². The SMILES string of the molecule is NC(=O)/C=C\[C@@H]1C[C@@H]1N. The van der Waals surface area contributed by atoms with Gasteiger partial charge < -0.3 is 11.5 Å². The Morgan fingerprint density at radius 3 is 2.56 bits per heavy atom. The molecule has 1 saturated carbocycles. The van der Waals surface area contributed by atoms with Crippen LogP contribution in [0.25, 0.3) is 0 Å². The van der Waals surface area contributed by atoms with Crippen LogP contribution >= 0.6 is 0 Å². The van der Waals surface area contributed by atoms with E-state index >= 15 is 0 Å². The van der Waals surface area contributed by atoms with E-state index in [0.717, 1.165) is 6.42 Å². The fourth-order valence-corrected chi connectivity index (χ4v) is 0.675. The van der Waals surface area contributed by atoms with E-state index in [0.29, 0.717) is 5.92 Å². The fraction of sp³-hybridized carbons (Fsp3) is 0.500. The summed E-state index contributed by atoms with van der Waals surface area (Å²) in [5.74, 6) is 0.00611. The summed E-state index contributed by atoms with van der Waals surface area (Å²) in [6.07, 6.45) is 4.13. The molecule has 0 aromatic rings. The summed E-state index contributed by atoms with van der Waals surface area (Å²) in [5.41, 5.74) is 10.3. The quantitative estimate of drug-likeness (QED) is 0.484. The molecule has 1 aliphatic rings. The van der Waals surface area contributed by atoms with Gasteiger partial charge in [-0.1, -0.05) is 6.08 Å². The van der Waals surface area contributed by atoms with Gasteiger partial charge in [0.2, 0.25) is 5.91 Å². The molecule has 0 aromatic heterocycles. The first-order valence-electron chi connectivity index (χ1n) is 2.93. The van der Waals surface area contributed by atoms with E-state index in [9.17, 15) is 4.79 Å². The van der Waals surface area contributed by atoms with Gasteiger partial charge in [0.25, 0.3) is 0 Å². The van der Waals surface area contributed by atoms with Gasteiger partial charge in [0.1, 0.15) is 0 Å². The van der Waals surface area contributed by atoms with Gasteiger partial charge in [0.15, 0.2) is 0 Å². The van der Waals surface area contributed by atoms with Crippen molar-refractivity contribution >= 4 is 5.91 Å². The molecule has 3 heteroatoms. The molecule has 0 radical (unpaired) electrons. The summed E-state index contributed by atoms with van der Waals surface area (Å²) in [7, 11) is 0. The first kappa shape index (κ1) is 6.29. The van der Waals surface area contributed by atoms with Crippen LogP contribution in [0, 0.1) is 5.92 Å². The van der Waals surface area contributed by atoms with Crippen molar-refractivity contribution in [3.05, 3.63) is 12.2 Å². The third kappa shape index (κ3) is 1.85. The number of carbonyl (C=O) groups excluding carboxylic acids is 1. The number of nitrogens with two attached hydrogens (primary N) is 2. The molecule has 0 bridgehead atoms. The van der Waals surface area contributed by atoms with E-state index < -0.39 is 5.91 Å². The zero-order valence-corrected chi connectivity index (χ0v) is 5.08. The van der Waals surface area contributed by atoms with E-state index in [1.54, 1.807) is 6.08 Å². The number of rotatable bonds is 2. The van der Waals surface area contributed by atoms with Crippen LogP contribution in [-0.4, -0.2) is 11.9 Å². The summed E-state index contributed by atoms with van der Waals surface area (Å²) >= 11 is 0. The Morgan fingerprint density at radius 1 is 1.67 bits per heavy atom. The van der Waals surface area contributed by atoms with Crippen LogP contribution in [0.3, 0.4) is 0 Å².